The molecule has 0 aliphatic heterocycles. The third kappa shape index (κ3) is 5.39. The number of carbonyl (C=O) groups excluding carboxylic acids is 1. The number of hydrogen-bond donors (Lipinski definition) is 1. The number of anilines is 1. The molecule has 0 spiro atoms. The van der Waals surface area contributed by atoms with E-state index in [0.717, 1.165) is 24.2 Å². The van der Waals surface area contributed by atoms with Crippen molar-refractivity contribution < 1.29 is 19.0 Å². The standard InChI is InChI=1S/C22H27NO4/c1-25-18-11-12-20(21(15-18)26-2)23-22(24)13-10-16-6-5-9-19(14-16)27-17-7-3-4-8-17/h5-6,9,11-12,14-15,17H,3-4,7-8,10,13H2,1-2H3,(H,23,24). The van der Waals surface area contributed by atoms with E-state index in [-0.39, 0.29) is 5.91 Å². The van der Waals surface area contributed by atoms with Crippen molar-refractivity contribution in [2.45, 2.75) is 44.6 Å². The summed E-state index contributed by atoms with van der Waals surface area (Å²) in [6, 6.07) is 13.4. The topological polar surface area (TPSA) is 56.8 Å². The normalized spacial score (nSPS) is 14.0. The lowest BCUT2D eigenvalue weighted by molar-refractivity contribution is -0.116. The van der Waals surface area contributed by atoms with Crippen molar-refractivity contribution in [3.8, 4) is 17.2 Å². The highest BCUT2D eigenvalue weighted by Gasteiger charge is 2.16. The highest BCUT2D eigenvalue weighted by molar-refractivity contribution is 5.92. The molecule has 1 fully saturated rings. The molecular weight excluding hydrogens is 342 g/mol. The third-order valence-corrected chi connectivity index (χ3v) is 4.83. The maximum Gasteiger partial charge on any atom is 0.224 e. The van der Waals surface area contributed by atoms with Crippen LogP contribution in [0.1, 0.15) is 37.7 Å². The molecule has 144 valence electrons. The van der Waals surface area contributed by atoms with Gasteiger partial charge in [0.05, 0.1) is 26.0 Å². The van der Waals surface area contributed by atoms with E-state index in [1.807, 2.05) is 24.3 Å². The number of nitrogens with one attached hydrogen (secondary N) is 1. The van der Waals surface area contributed by atoms with E-state index in [1.165, 1.54) is 12.8 Å². The first-order valence-electron chi connectivity index (χ1n) is 9.45. The van der Waals surface area contributed by atoms with Crippen LogP contribution in [0.4, 0.5) is 5.69 Å². The lowest BCUT2D eigenvalue weighted by Gasteiger charge is -2.14. The van der Waals surface area contributed by atoms with Crippen LogP contribution >= 0.6 is 0 Å². The Kier molecular flexibility index (Phi) is 6.58. The summed E-state index contributed by atoms with van der Waals surface area (Å²) in [7, 11) is 3.16. The van der Waals surface area contributed by atoms with Gasteiger partial charge < -0.3 is 19.5 Å². The van der Waals surface area contributed by atoms with E-state index in [4.69, 9.17) is 14.2 Å². The predicted molar refractivity (Wildman–Crippen MR) is 106 cm³/mol. The predicted octanol–water partition coefficient (Wildman–Crippen LogP) is 4.60. The smallest absolute Gasteiger partial charge is 0.224 e. The zero-order valence-electron chi connectivity index (χ0n) is 16.0. The SMILES string of the molecule is COc1ccc(NC(=O)CCc2cccc(OC3CCCC3)c2)c(OC)c1. The summed E-state index contributed by atoms with van der Waals surface area (Å²) in [6.07, 6.45) is 6.16. The molecule has 5 nitrogen and oxygen atoms in total. The van der Waals surface area contributed by atoms with Crippen molar-refractivity contribution in [2.24, 2.45) is 0 Å². The van der Waals surface area contributed by atoms with Crippen molar-refractivity contribution in [1.29, 1.82) is 0 Å². The summed E-state index contributed by atoms with van der Waals surface area (Å²) in [5.74, 6) is 2.11. The van der Waals surface area contributed by atoms with E-state index >= 15 is 0 Å². The van der Waals surface area contributed by atoms with Gasteiger partial charge in [0.25, 0.3) is 0 Å². The molecule has 3 rings (SSSR count). The van der Waals surface area contributed by atoms with Gasteiger partial charge in [0.1, 0.15) is 17.2 Å². The van der Waals surface area contributed by atoms with Gasteiger partial charge in [0, 0.05) is 12.5 Å². The Morgan fingerprint density at radius 2 is 1.85 bits per heavy atom. The molecule has 1 aliphatic carbocycles. The summed E-state index contributed by atoms with van der Waals surface area (Å²) < 4.78 is 16.5. The van der Waals surface area contributed by atoms with E-state index in [2.05, 4.69) is 5.32 Å². The summed E-state index contributed by atoms with van der Waals surface area (Å²) >= 11 is 0. The number of rotatable bonds is 8. The van der Waals surface area contributed by atoms with Gasteiger partial charge in [-0.05, 0) is 61.9 Å². The minimum atomic E-state index is -0.0550. The van der Waals surface area contributed by atoms with Crippen LogP contribution in [0.3, 0.4) is 0 Å². The molecule has 0 aromatic heterocycles. The van der Waals surface area contributed by atoms with E-state index < -0.39 is 0 Å². The van der Waals surface area contributed by atoms with Crippen LogP contribution in [0.5, 0.6) is 17.2 Å². The maximum absolute atomic E-state index is 12.3. The molecule has 1 N–H and O–H groups in total. The molecule has 27 heavy (non-hydrogen) atoms. The van der Waals surface area contributed by atoms with Gasteiger partial charge in [-0.25, -0.2) is 0 Å². The van der Waals surface area contributed by atoms with Crippen LogP contribution in [-0.2, 0) is 11.2 Å². The van der Waals surface area contributed by atoms with Crippen LogP contribution in [0.25, 0.3) is 0 Å². The van der Waals surface area contributed by atoms with Crippen molar-refractivity contribution >= 4 is 11.6 Å². The highest BCUT2D eigenvalue weighted by atomic mass is 16.5. The fourth-order valence-electron chi connectivity index (χ4n) is 3.35. The Hall–Kier alpha value is -2.69. The minimum absolute atomic E-state index is 0.0550. The summed E-state index contributed by atoms with van der Waals surface area (Å²) in [6.45, 7) is 0. The summed E-state index contributed by atoms with van der Waals surface area (Å²) in [5.41, 5.74) is 1.74. The quantitative estimate of drug-likeness (QED) is 0.739. The molecule has 1 aliphatic rings. The second-order valence-corrected chi connectivity index (χ2v) is 6.79. The number of amides is 1. The van der Waals surface area contributed by atoms with Crippen LogP contribution < -0.4 is 19.5 Å². The number of aryl methyl sites for hydroxylation is 1. The Morgan fingerprint density at radius 3 is 2.59 bits per heavy atom. The Morgan fingerprint density at radius 1 is 1.04 bits per heavy atom. The Labute approximate surface area is 160 Å². The number of ether oxygens (including phenoxy) is 3. The molecule has 0 heterocycles. The molecule has 1 saturated carbocycles. The van der Waals surface area contributed by atoms with Crippen molar-refractivity contribution in [3.63, 3.8) is 0 Å². The van der Waals surface area contributed by atoms with E-state index in [9.17, 15) is 4.79 Å². The molecule has 0 saturated heterocycles. The molecule has 1 amide bonds. The van der Waals surface area contributed by atoms with Gasteiger partial charge in [0.2, 0.25) is 5.91 Å². The lowest BCUT2D eigenvalue weighted by Crippen LogP contribution is -2.13. The van der Waals surface area contributed by atoms with Gasteiger partial charge in [0.15, 0.2) is 0 Å². The molecule has 0 bridgehead atoms. The molecule has 0 radical (unpaired) electrons. The van der Waals surface area contributed by atoms with E-state index in [0.29, 0.717) is 36.1 Å². The number of carbonyl (C=O) groups is 1. The van der Waals surface area contributed by atoms with Gasteiger partial charge in [-0.2, -0.15) is 0 Å². The molecule has 0 atom stereocenters. The zero-order valence-corrected chi connectivity index (χ0v) is 16.0. The molecular formula is C22H27NO4. The van der Waals surface area contributed by atoms with Crippen LogP contribution in [0, 0.1) is 0 Å². The van der Waals surface area contributed by atoms with Crippen LogP contribution in [0.2, 0.25) is 0 Å². The molecule has 2 aromatic rings. The van der Waals surface area contributed by atoms with Gasteiger partial charge in [-0.15, -0.1) is 0 Å². The first-order valence-corrected chi connectivity index (χ1v) is 9.45. The molecule has 0 unspecified atom stereocenters. The molecule has 2 aromatic carbocycles. The van der Waals surface area contributed by atoms with Gasteiger partial charge >= 0.3 is 0 Å². The average Bonchev–Trinajstić information content (AvgIpc) is 3.20. The third-order valence-electron chi connectivity index (χ3n) is 4.83. The van der Waals surface area contributed by atoms with Crippen LogP contribution in [-0.4, -0.2) is 26.2 Å². The lowest BCUT2D eigenvalue weighted by atomic mass is 10.1. The Balaban J connectivity index is 1.54. The van der Waals surface area contributed by atoms with Crippen LogP contribution in [0.15, 0.2) is 42.5 Å². The van der Waals surface area contributed by atoms with Crippen molar-refractivity contribution in [3.05, 3.63) is 48.0 Å². The number of benzene rings is 2. The molecule has 5 heteroatoms. The first-order chi connectivity index (χ1) is 13.2. The van der Waals surface area contributed by atoms with Crippen molar-refractivity contribution in [2.75, 3.05) is 19.5 Å². The second kappa shape index (κ2) is 9.31. The minimum Gasteiger partial charge on any atom is -0.497 e. The highest BCUT2D eigenvalue weighted by Crippen LogP contribution is 2.29. The second-order valence-electron chi connectivity index (χ2n) is 6.79. The van der Waals surface area contributed by atoms with Gasteiger partial charge in [-0.3, -0.25) is 4.79 Å². The number of hydrogen-bond acceptors (Lipinski definition) is 4. The zero-order chi connectivity index (χ0) is 19.1. The first kappa shape index (κ1) is 19.1. The van der Waals surface area contributed by atoms with E-state index in [1.54, 1.807) is 32.4 Å². The maximum atomic E-state index is 12.3. The fourth-order valence-corrected chi connectivity index (χ4v) is 3.35. The Bertz CT molecular complexity index is 769. The average molecular weight is 369 g/mol. The summed E-state index contributed by atoms with van der Waals surface area (Å²) in [5, 5.41) is 2.91. The largest absolute Gasteiger partial charge is 0.497 e. The monoisotopic (exact) mass is 369 g/mol. The van der Waals surface area contributed by atoms with Crippen molar-refractivity contribution in [1.82, 2.24) is 0 Å². The summed E-state index contributed by atoms with van der Waals surface area (Å²) in [4.78, 5) is 12.3. The van der Waals surface area contributed by atoms with Gasteiger partial charge in [-0.1, -0.05) is 12.1 Å². The number of methoxy groups -OCH3 is 2. The fraction of sp³-hybridized carbons (Fsp3) is 0.409.